The van der Waals surface area contributed by atoms with Crippen LogP contribution in [-0.4, -0.2) is 28.7 Å². The topological polar surface area (TPSA) is 55.1 Å². The van der Waals surface area contributed by atoms with Crippen LogP contribution in [0.4, 0.5) is 0 Å². The molecule has 0 unspecified atom stereocenters. The number of hydrogen-bond donors (Lipinski definition) is 0. The Bertz CT molecular complexity index is 2840. The van der Waals surface area contributed by atoms with Crippen molar-refractivity contribution >= 4 is 85.2 Å². The van der Waals surface area contributed by atoms with Gasteiger partial charge < -0.3 is 8.98 Å². The van der Waals surface area contributed by atoms with Crippen molar-refractivity contribution in [1.82, 2.24) is 4.57 Å². The number of rotatable bonds is 5. The molecule has 0 spiro atoms. The second-order valence-corrected chi connectivity index (χ2v) is 14.0. The van der Waals surface area contributed by atoms with Gasteiger partial charge in [-0.15, -0.1) is 11.8 Å². The lowest BCUT2D eigenvalue weighted by Gasteiger charge is -2.13. The zero-order chi connectivity index (χ0) is 35.7. The highest BCUT2D eigenvalue weighted by Crippen LogP contribution is 2.40. The maximum atomic E-state index is 6.37. The number of amidine groups is 2. The minimum absolute atomic E-state index is 0.462. The Hall–Kier alpha value is -6.50. The first-order chi connectivity index (χ1) is 26.1. The summed E-state index contributed by atoms with van der Waals surface area (Å²) in [5.41, 5.74) is 9.79. The van der Waals surface area contributed by atoms with Gasteiger partial charge in [-0.2, -0.15) is 0 Å². The summed E-state index contributed by atoms with van der Waals surface area (Å²) in [6, 6.07) is 49.9. The fraction of sp³-hybridized carbons (Fsp3) is 0.0426. The summed E-state index contributed by atoms with van der Waals surface area (Å²) in [7, 11) is 0. The second-order valence-electron chi connectivity index (χ2n) is 13.0. The van der Waals surface area contributed by atoms with Gasteiger partial charge >= 0.3 is 0 Å². The van der Waals surface area contributed by atoms with Crippen LogP contribution >= 0.6 is 11.8 Å². The van der Waals surface area contributed by atoms with Crippen LogP contribution in [0.15, 0.2) is 194 Å². The third-order valence-corrected chi connectivity index (χ3v) is 10.7. The number of furan rings is 1. The molecule has 0 saturated heterocycles. The van der Waals surface area contributed by atoms with Gasteiger partial charge in [-0.3, -0.25) is 4.99 Å². The van der Waals surface area contributed by atoms with E-state index in [0.717, 1.165) is 82.2 Å². The predicted octanol–water partition coefficient (Wildman–Crippen LogP) is 12.0. The molecule has 254 valence electrons. The van der Waals surface area contributed by atoms with E-state index in [9.17, 15) is 0 Å². The van der Waals surface area contributed by atoms with Crippen LogP contribution in [0.25, 0.3) is 55.0 Å². The van der Waals surface area contributed by atoms with Crippen molar-refractivity contribution in [3.8, 4) is 0 Å². The first kappa shape index (κ1) is 32.4. The molecule has 1 aliphatic rings. The Morgan fingerprint density at radius 2 is 1.38 bits per heavy atom. The normalized spacial score (nSPS) is 16.1. The van der Waals surface area contributed by atoms with Crippen LogP contribution in [-0.2, 0) is 6.54 Å². The summed E-state index contributed by atoms with van der Waals surface area (Å²) in [5.74, 6) is 1.74. The van der Waals surface area contributed by atoms with Crippen LogP contribution in [0.3, 0.4) is 0 Å². The van der Waals surface area contributed by atoms with Crippen LogP contribution in [0.2, 0.25) is 0 Å². The van der Waals surface area contributed by atoms with E-state index in [1.54, 1.807) is 11.8 Å². The van der Waals surface area contributed by atoms with Gasteiger partial charge in [-0.1, -0.05) is 122 Å². The molecule has 1 aliphatic heterocycles. The Morgan fingerprint density at radius 3 is 2.21 bits per heavy atom. The molecule has 0 radical (unpaired) electrons. The molecular formula is C47H34N4OS. The number of benzene rings is 6. The molecule has 53 heavy (non-hydrogen) atoms. The van der Waals surface area contributed by atoms with E-state index < -0.39 is 0 Å². The quantitative estimate of drug-likeness (QED) is 0.132. The molecule has 0 bridgehead atoms. The molecule has 0 saturated carbocycles. The van der Waals surface area contributed by atoms with E-state index in [-0.39, 0.29) is 0 Å². The molecule has 6 aromatic carbocycles. The molecule has 0 aliphatic carbocycles. The van der Waals surface area contributed by atoms with Gasteiger partial charge in [0, 0.05) is 49.0 Å². The highest BCUT2D eigenvalue weighted by molar-refractivity contribution is 7.99. The number of hydrogen-bond acceptors (Lipinski definition) is 3. The standard InChI is InChI=1S/C47H34N4OS/c1-31-25-35(51-41-22-12-9-20-37(41)39-28-44-40(27-42(39)51)38-21-10-13-23-43(38)52-44)26-34(30-53-45-24-14-11-19-36(31)45)47(49-29-32-15-5-3-6-16-32)50-46(48-2)33-17-7-4-8-18-33/h3-28H,1-2,29-30H2/b34-26+,35-25+,49-47-,50-46-. The van der Waals surface area contributed by atoms with Gasteiger partial charge in [-0.05, 0) is 65.9 Å². The molecule has 0 atom stereocenters. The molecule has 8 aromatic rings. The first-order valence-electron chi connectivity index (χ1n) is 17.5. The fourth-order valence-corrected chi connectivity index (χ4v) is 8.14. The SMILES string of the molecule is C=N\C(=N/C(=N\Cc1ccccc1)C1=C/C(n2c3ccccc3c3cc4oc5ccccc5c4cc32)=C\C(=C)c2ccccc2SC\1)c1ccccc1. The fourth-order valence-electron chi connectivity index (χ4n) is 7.09. The van der Waals surface area contributed by atoms with E-state index in [2.05, 4.69) is 120 Å². The van der Waals surface area contributed by atoms with Crippen LogP contribution in [0, 0.1) is 0 Å². The number of aromatic nitrogens is 1. The van der Waals surface area contributed by atoms with Crippen molar-refractivity contribution in [2.75, 3.05) is 5.75 Å². The van der Waals surface area contributed by atoms with Gasteiger partial charge in [-0.25, -0.2) is 9.98 Å². The molecule has 0 fully saturated rings. The van der Waals surface area contributed by atoms with Crippen molar-refractivity contribution in [2.45, 2.75) is 11.4 Å². The van der Waals surface area contributed by atoms with E-state index >= 15 is 0 Å². The number of aliphatic imine (C=N–C) groups is 3. The van der Waals surface area contributed by atoms with Crippen LogP contribution < -0.4 is 0 Å². The third kappa shape index (κ3) is 6.13. The monoisotopic (exact) mass is 702 g/mol. The summed E-state index contributed by atoms with van der Waals surface area (Å²) in [6.07, 6.45) is 4.42. The lowest BCUT2D eigenvalue weighted by atomic mass is 10.1. The Balaban J connectivity index is 1.32. The van der Waals surface area contributed by atoms with Crippen molar-refractivity contribution < 1.29 is 4.42 Å². The van der Waals surface area contributed by atoms with Crippen molar-refractivity contribution in [3.63, 3.8) is 0 Å². The summed E-state index contributed by atoms with van der Waals surface area (Å²) < 4.78 is 8.72. The van der Waals surface area contributed by atoms with Crippen molar-refractivity contribution in [1.29, 1.82) is 0 Å². The lowest BCUT2D eigenvalue weighted by molar-refractivity contribution is 0.669. The van der Waals surface area contributed by atoms with Gasteiger partial charge in [0.05, 0.1) is 17.6 Å². The molecular weight excluding hydrogens is 669 g/mol. The maximum absolute atomic E-state index is 6.37. The second kappa shape index (κ2) is 13.9. The number of allylic oxidation sites excluding steroid dienone is 4. The van der Waals surface area contributed by atoms with Crippen molar-refractivity contribution in [3.05, 3.63) is 187 Å². The van der Waals surface area contributed by atoms with E-state index in [0.29, 0.717) is 24.0 Å². The minimum atomic E-state index is 0.462. The summed E-state index contributed by atoms with van der Waals surface area (Å²) in [5, 5.41) is 4.41. The molecule has 0 N–H and O–H groups in total. The summed E-state index contributed by atoms with van der Waals surface area (Å²) in [4.78, 5) is 15.9. The van der Waals surface area contributed by atoms with Gasteiger partial charge in [0.15, 0.2) is 11.7 Å². The van der Waals surface area contributed by atoms with Crippen LogP contribution in [0.1, 0.15) is 16.7 Å². The molecule has 2 aromatic heterocycles. The molecule has 6 heteroatoms. The number of thioether (sulfide) groups is 1. The Morgan fingerprint density at radius 1 is 0.660 bits per heavy atom. The van der Waals surface area contributed by atoms with Gasteiger partial charge in [0.1, 0.15) is 11.2 Å². The number of para-hydroxylation sites is 2. The van der Waals surface area contributed by atoms with E-state index in [1.165, 1.54) is 0 Å². The van der Waals surface area contributed by atoms with Crippen molar-refractivity contribution in [2.24, 2.45) is 15.0 Å². The van der Waals surface area contributed by atoms with Crippen LogP contribution in [0.5, 0.6) is 0 Å². The third-order valence-electron chi connectivity index (χ3n) is 9.62. The molecule has 9 rings (SSSR count). The molecule has 3 heterocycles. The lowest BCUT2D eigenvalue weighted by Crippen LogP contribution is -2.10. The maximum Gasteiger partial charge on any atom is 0.160 e. The van der Waals surface area contributed by atoms with E-state index in [1.807, 2.05) is 60.7 Å². The highest BCUT2D eigenvalue weighted by Gasteiger charge is 2.21. The highest BCUT2D eigenvalue weighted by atomic mass is 32.2. The van der Waals surface area contributed by atoms with Gasteiger partial charge in [0.2, 0.25) is 0 Å². The Kier molecular flexibility index (Phi) is 8.50. The largest absolute Gasteiger partial charge is 0.456 e. The average Bonchev–Trinajstić information content (AvgIpc) is 3.75. The number of fused-ring (bicyclic) bond motifs is 7. The Labute approximate surface area is 311 Å². The van der Waals surface area contributed by atoms with E-state index in [4.69, 9.17) is 14.4 Å². The molecule has 0 amide bonds. The minimum Gasteiger partial charge on any atom is -0.456 e. The zero-order valence-corrected chi connectivity index (χ0v) is 29.8. The number of nitrogens with zero attached hydrogens (tertiary/aromatic N) is 4. The first-order valence-corrected chi connectivity index (χ1v) is 18.5. The summed E-state index contributed by atoms with van der Waals surface area (Å²) in [6.45, 7) is 9.00. The smallest absolute Gasteiger partial charge is 0.160 e. The van der Waals surface area contributed by atoms with Gasteiger partial charge in [0.25, 0.3) is 0 Å². The molecule has 5 nitrogen and oxygen atoms in total. The summed E-state index contributed by atoms with van der Waals surface area (Å²) >= 11 is 1.76. The predicted molar refractivity (Wildman–Crippen MR) is 225 cm³/mol. The average molecular weight is 703 g/mol. The zero-order valence-electron chi connectivity index (χ0n) is 28.9.